The number of oxime groups is 1. The molecule has 2 rings (SSSR count). The van der Waals surface area contributed by atoms with Crippen molar-refractivity contribution in [2.45, 2.75) is 46.4 Å². The molecule has 1 aliphatic rings. The van der Waals surface area contributed by atoms with Gasteiger partial charge in [0.25, 0.3) is 0 Å². The minimum Gasteiger partial charge on any atom is -0.289 e. The van der Waals surface area contributed by atoms with E-state index in [1.54, 1.807) is 0 Å². The van der Waals surface area contributed by atoms with Crippen molar-refractivity contribution in [3.05, 3.63) is 53.4 Å². The van der Waals surface area contributed by atoms with Crippen LogP contribution >= 0.6 is 0 Å². The van der Waals surface area contributed by atoms with Crippen LogP contribution in [0.2, 0.25) is 0 Å². The molecule has 0 saturated heterocycles. The second-order valence-electron chi connectivity index (χ2n) is 8.44. The van der Waals surface area contributed by atoms with Gasteiger partial charge in [-0.2, -0.15) is 8.42 Å². The summed E-state index contributed by atoms with van der Waals surface area (Å²) < 4.78 is 42.3. The maximum atomic E-state index is 13.0. The van der Waals surface area contributed by atoms with Gasteiger partial charge in [0.2, 0.25) is 0 Å². The first-order chi connectivity index (χ1) is 12.2. The average Bonchev–Trinajstić information content (AvgIpc) is 2.52. The topological polar surface area (TPSA) is 72.8 Å². The van der Waals surface area contributed by atoms with E-state index in [-0.39, 0.29) is 16.4 Å². The Kier molecular flexibility index (Phi) is 5.48. The number of ketones is 1. The molecule has 0 aromatic heterocycles. The molecule has 0 saturated carbocycles. The van der Waals surface area contributed by atoms with Crippen LogP contribution in [0.15, 0.2) is 57.6 Å². The van der Waals surface area contributed by atoms with E-state index in [4.69, 9.17) is 4.28 Å². The van der Waals surface area contributed by atoms with Crippen LogP contribution in [0.1, 0.15) is 41.5 Å². The summed E-state index contributed by atoms with van der Waals surface area (Å²) in [4.78, 5) is 12.6. The fourth-order valence-corrected chi connectivity index (χ4v) is 3.26. The Balaban J connectivity index is 2.45. The van der Waals surface area contributed by atoms with Crippen LogP contribution < -0.4 is 0 Å². The van der Waals surface area contributed by atoms with Gasteiger partial charge in [0.05, 0.1) is 0 Å². The van der Waals surface area contributed by atoms with E-state index in [2.05, 4.69) is 5.16 Å². The Morgan fingerprint density at radius 2 is 1.33 bits per heavy atom. The Bertz CT molecular complexity index is 905. The molecule has 0 aliphatic heterocycles. The number of carbonyl (C=O) groups excluding carboxylic acids is 1. The number of Topliss-reactive ketones (excluding diaryl/α,β-unsaturated/α-hetero) is 1. The molecule has 0 bridgehead atoms. The molecule has 0 fully saturated rings. The molecular weight excluding hydrogens is 369 g/mol. The van der Waals surface area contributed by atoms with Gasteiger partial charge in [0.15, 0.2) is 5.78 Å². The van der Waals surface area contributed by atoms with Crippen molar-refractivity contribution in [1.29, 1.82) is 0 Å². The molecular formula is C20H24FNO4S. The lowest BCUT2D eigenvalue weighted by Gasteiger charge is -2.30. The molecule has 0 radical (unpaired) electrons. The van der Waals surface area contributed by atoms with Crippen LogP contribution in [-0.2, 0) is 19.2 Å². The van der Waals surface area contributed by atoms with E-state index < -0.39 is 26.8 Å². The lowest BCUT2D eigenvalue weighted by atomic mass is 9.72. The summed E-state index contributed by atoms with van der Waals surface area (Å²) in [5.74, 6) is -0.642. The summed E-state index contributed by atoms with van der Waals surface area (Å²) in [5.41, 5.74) is 0.389. The van der Waals surface area contributed by atoms with E-state index >= 15 is 0 Å². The van der Waals surface area contributed by atoms with Crippen LogP contribution in [0.5, 0.6) is 0 Å². The molecule has 27 heavy (non-hydrogen) atoms. The number of hydrogen-bond donors (Lipinski definition) is 0. The Labute approximate surface area is 159 Å². The minimum absolute atomic E-state index is 0.0876. The third-order valence-corrected chi connectivity index (χ3v) is 5.15. The number of halogens is 1. The maximum absolute atomic E-state index is 13.0. The minimum atomic E-state index is -4.19. The predicted octanol–water partition coefficient (Wildman–Crippen LogP) is 4.41. The van der Waals surface area contributed by atoms with Gasteiger partial charge in [0, 0.05) is 11.1 Å². The first-order valence-electron chi connectivity index (χ1n) is 8.48. The maximum Gasteiger partial charge on any atom is 0.358 e. The second kappa shape index (κ2) is 7.03. The van der Waals surface area contributed by atoms with Crippen molar-refractivity contribution < 1.29 is 21.9 Å². The monoisotopic (exact) mass is 393 g/mol. The summed E-state index contributed by atoms with van der Waals surface area (Å²) in [6.45, 7) is 11.4. The third-order valence-electron chi connectivity index (χ3n) is 4.03. The summed E-state index contributed by atoms with van der Waals surface area (Å²) in [7, 11) is -4.19. The zero-order valence-corrected chi connectivity index (χ0v) is 17.1. The Morgan fingerprint density at radius 3 is 1.74 bits per heavy atom. The molecule has 5 nitrogen and oxygen atoms in total. The Hall–Kier alpha value is -2.28. The Morgan fingerprint density at radius 1 is 0.889 bits per heavy atom. The van der Waals surface area contributed by atoms with Crippen molar-refractivity contribution in [3.8, 4) is 0 Å². The van der Waals surface area contributed by atoms with Gasteiger partial charge in [-0.05, 0) is 47.2 Å². The highest BCUT2D eigenvalue weighted by Gasteiger charge is 2.34. The quantitative estimate of drug-likeness (QED) is 0.563. The molecule has 0 spiro atoms. The summed E-state index contributed by atoms with van der Waals surface area (Å²) in [6.07, 6.45) is 3.08. The zero-order valence-electron chi connectivity index (χ0n) is 16.3. The highest BCUT2D eigenvalue weighted by Crippen LogP contribution is 2.37. The fourth-order valence-electron chi connectivity index (χ4n) is 2.52. The largest absolute Gasteiger partial charge is 0.358 e. The number of nitrogens with zero attached hydrogens (tertiary/aromatic N) is 1. The standard InChI is InChI=1S/C20H24FNO4S/c1-19(2,3)16-11-14(12-17(18(16)23)20(4,5)6)22-26-27(24,25)15-9-7-13(21)8-10-15/h7-12H,1-6H3. The molecule has 1 aromatic carbocycles. The van der Waals surface area contributed by atoms with Crippen molar-refractivity contribution in [2.24, 2.45) is 16.0 Å². The molecule has 1 aliphatic carbocycles. The van der Waals surface area contributed by atoms with Crippen molar-refractivity contribution in [2.75, 3.05) is 0 Å². The van der Waals surface area contributed by atoms with E-state index in [1.807, 2.05) is 41.5 Å². The van der Waals surface area contributed by atoms with Gasteiger partial charge in [-0.15, -0.1) is 0 Å². The molecule has 1 aromatic rings. The van der Waals surface area contributed by atoms with Gasteiger partial charge in [0.1, 0.15) is 16.4 Å². The summed E-state index contributed by atoms with van der Waals surface area (Å²) in [5, 5.41) is 3.75. The summed E-state index contributed by atoms with van der Waals surface area (Å²) in [6, 6.07) is 4.25. The smallest absolute Gasteiger partial charge is 0.289 e. The molecule has 0 amide bonds. The highest BCUT2D eigenvalue weighted by molar-refractivity contribution is 7.86. The molecule has 0 N–H and O–H groups in total. The fraction of sp³-hybridized carbons (Fsp3) is 0.400. The van der Waals surface area contributed by atoms with E-state index in [1.165, 1.54) is 12.2 Å². The summed E-state index contributed by atoms with van der Waals surface area (Å²) >= 11 is 0. The van der Waals surface area contributed by atoms with Crippen LogP contribution in [0.4, 0.5) is 4.39 Å². The molecule has 0 unspecified atom stereocenters. The van der Waals surface area contributed by atoms with E-state index in [9.17, 15) is 17.6 Å². The normalized spacial score (nSPS) is 16.0. The van der Waals surface area contributed by atoms with E-state index in [0.29, 0.717) is 11.1 Å². The average molecular weight is 393 g/mol. The van der Waals surface area contributed by atoms with Gasteiger partial charge < -0.3 is 0 Å². The van der Waals surface area contributed by atoms with E-state index in [0.717, 1.165) is 24.3 Å². The van der Waals surface area contributed by atoms with Gasteiger partial charge in [-0.3, -0.25) is 9.08 Å². The van der Waals surface area contributed by atoms with Gasteiger partial charge in [-0.25, -0.2) is 4.39 Å². The molecule has 146 valence electrons. The SMILES string of the molecule is CC(C)(C)C1=CC(=NOS(=O)(=O)c2ccc(F)cc2)C=C(C(C)(C)C)C1=O. The van der Waals surface area contributed by atoms with Crippen LogP contribution in [0, 0.1) is 16.6 Å². The lowest BCUT2D eigenvalue weighted by Crippen LogP contribution is -2.29. The van der Waals surface area contributed by atoms with Crippen molar-refractivity contribution >= 4 is 21.6 Å². The first-order valence-corrected chi connectivity index (χ1v) is 9.89. The zero-order chi connectivity index (χ0) is 20.6. The van der Waals surface area contributed by atoms with Gasteiger partial charge in [-0.1, -0.05) is 46.7 Å². The number of hydrogen-bond acceptors (Lipinski definition) is 5. The predicted molar refractivity (Wildman–Crippen MR) is 102 cm³/mol. The van der Waals surface area contributed by atoms with Crippen LogP contribution in [-0.4, -0.2) is 19.9 Å². The van der Waals surface area contributed by atoms with Crippen LogP contribution in [0.25, 0.3) is 0 Å². The number of allylic oxidation sites excluding steroid dienone is 4. The molecule has 7 heteroatoms. The molecule has 0 atom stereocenters. The number of carbonyl (C=O) groups is 1. The number of benzene rings is 1. The van der Waals surface area contributed by atoms with Crippen molar-refractivity contribution in [1.82, 2.24) is 0 Å². The third kappa shape index (κ3) is 4.91. The highest BCUT2D eigenvalue weighted by atomic mass is 32.2. The molecule has 0 heterocycles. The second-order valence-corrected chi connectivity index (χ2v) is 9.97. The van der Waals surface area contributed by atoms with Crippen LogP contribution in [0.3, 0.4) is 0 Å². The number of rotatable bonds is 3. The van der Waals surface area contributed by atoms with Crippen molar-refractivity contribution in [3.63, 3.8) is 0 Å². The lowest BCUT2D eigenvalue weighted by molar-refractivity contribution is -0.114. The first kappa shape index (κ1) is 21.0. The van der Waals surface area contributed by atoms with Gasteiger partial charge >= 0.3 is 10.1 Å².